The molecular formula is C14H14N4OS2. The average molecular weight is 318 g/mol. The summed E-state index contributed by atoms with van der Waals surface area (Å²) in [5.41, 5.74) is 1.72. The minimum absolute atomic E-state index is 0.112. The minimum atomic E-state index is -0.238. The topological polar surface area (TPSA) is 66.9 Å². The Labute approximate surface area is 130 Å². The predicted molar refractivity (Wildman–Crippen MR) is 87.0 cm³/mol. The number of rotatable bonds is 3. The summed E-state index contributed by atoms with van der Waals surface area (Å²) in [7, 11) is 0. The van der Waals surface area contributed by atoms with Gasteiger partial charge in [-0.2, -0.15) is 0 Å². The highest BCUT2D eigenvalue weighted by Gasteiger charge is 2.12. The van der Waals surface area contributed by atoms with Gasteiger partial charge in [0.2, 0.25) is 0 Å². The smallest absolute Gasteiger partial charge is 0.319 e. The number of benzene rings is 1. The Hall–Kier alpha value is -1.99. The lowest BCUT2D eigenvalue weighted by atomic mass is 10.3. The zero-order valence-electron chi connectivity index (χ0n) is 11.6. The number of carbonyl (C=O) groups is 1. The van der Waals surface area contributed by atoms with Crippen LogP contribution in [0.2, 0.25) is 0 Å². The van der Waals surface area contributed by atoms with Gasteiger partial charge in [-0.05, 0) is 32.0 Å². The predicted octanol–water partition coefficient (Wildman–Crippen LogP) is 3.94. The lowest BCUT2D eigenvalue weighted by molar-refractivity contribution is 0.249. The number of hydrogen-bond acceptors (Lipinski definition) is 5. The summed E-state index contributed by atoms with van der Waals surface area (Å²) in [6.07, 6.45) is 1.73. The molecule has 5 nitrogen and oxygen atoms in total. The van der Waals surface area contributed by atoms with Gasteiger partial charge in [-0.3, -0.25) is 0 Å². The highest BCUT2D eigenvalue weighted by atomic mass is 32.1. The summed E-state index contributed by atoms with van der Waals surface area (Å²) in [6.45, 7) is 3.88. The van der Waals surface area contributed by atoms with Crippen molar-refractivity contribution < 1.29 is 4.79 Å². The molecule has 0 saturated carbocycles. The van der Waals surface area contributed by atoms with Gasteiger partial charge in [0.15, 0.2) is 0 Å². The number of aromatic nitrogens is 2. The fourth-order valence-electron chi connectivity index (χ4n) is 1.99. The van der Waals surface area contributed by atoms with Gasteiger partial charge in [0.1, 0.15) is 5.01 Å². The minimum Gasteiger partial charge on any atom is -0.329 e. The summed E-state index contributed by atoms with van der Waals surface area (Å²) >= 11 is 3.14. The largest absolute Gasteiger partial charge is 0.329 e. The molecule has 0 unspecified atom stereocenters. The monoisotopic (exact) mass is 318 g/mol. The first kappa shape index (κ1) is 14.0. The lowest BCUT2D eigenvalue weighted by Crippen LogP contribution is -2.31. The summed E-state index contributed by atoms with van der Waals surface area (Å²) in [4.78, 5) is 20.6. The molecule has 3 aromatic rings. The molecule has 1 atom stereocenters. The third-order valence-corrected chi connectivity index (χ3v) is 4.81. The molecule has 21 heavy (non-hydrogen) atoms. The molecule has 0 saturated heterocycles. The van der Waals surface area contributed by atoms with Crippen molar-refractivity contribution in [1.29, 1.82) is 0 Å². The number of nitrogens with one attached hydrogen (secondary N) is 2. The van der Waals surface area contributed by atoms with Gasteiger partial charge < -0.3 is 10.6 Å². The molecule has 2 N–H and O–H groups in total. The van der Waals surface area contributed by atoms with Crippen molar-refractivity contribution in [2.24, 2.45) is 0 Å². The van der Waals surface area contributed by atoms with Crippen molar-refractivity contribution in [3.8, 4) is 0 Å². The van der Waals surface area contributed by atoms with Crippen molar-refractivity contribution in [2.75, 3.05) is 5.32 Å². The molecule has 2 heterocycles. The summed E-state index contributed by atoms with van der Waals surface area (Å²) in [6, 6.07) is 5.36. The maximum Gasteiger partial charge on any atom is 0.319 e. The zero-order chi connectivity index (χ0) is 14.8. The zero-order valence-corrected chi connectivity index (χ0v) is 13.2. The number of carbonyl (C=O) groups excluding carboxylic acids is 1. The van der Waals surface area contributed by atoms with E-state index in [0.29, 0.717) is 0 Å². The molecule has 2 aromatic heterocycles. The van der Waals surface area contributed by atoms with Gasteiger partial charge in [-0.25, -0.2) is 14.8 Å². The first-order valence-corrected chi connectivity index (χ1v) is 8.15. The number of amides is 2. The van der Waals surface area contributed by atoms with E-state index < -0.39 is 0 Å². The molecule has 0 fully saturated rings. The van der Waals surface area contributed by atoms with Gasteiger partial charge in [-0.1, -0.05) is 0 Å². The van der Waals surface area contributed by atoms with Crippen LogP contribution in [0.1, 0.15) is 23.0 Å². The van der Waals surface area contributed by atoms with Crippen LogP contribution in [0.3, 0.4) is 0 Å². The van der Waals surface area contributed by atoms with Crippen LogP contribution in [-0.2, 0) is 0 Å². The Morgan fingerprint density at radius 2 is 2.24 bits per heavy atom. The number of fused-ring (bicyclic) bond motifs is 1. The Bertz CT molecular complexity index is 766. The van der Waals surface area contributed by atoms with Gasteiger partial charge in [0.05, 0.1) is 21.3 Å². The van der Waals surface area contributed by atoms with Gasteiger partial charge in [0.25, 0.3) is 0 Å². The molecule has 0 spiro atoms. The quantitative estimate of drug-likeness (QED) is 0.768. The van der Waals surface area contributed by atoms with E-state index in [1.54, 1.807) is 17.5 Å². The van der Waals surface area contributed by atoms with Crippen LogP contribution in [0.15, 0.2) is 29.8 Å². The normalized spacial score (nSPS) is 12.3. The van der Waals surface area contributed by atoms with Crippen LogP contribution in [0.4, 0.5) is 10.5 Å². The third-order valence-electron chi connectivity index (χ3n) is 2.92. The first-order valence-electron chi connectivity index (χ1n) is 6.46. The van der Waals surface area contributed by atoms with Crippen molar-refractivity contribution in [1.82, 2.24) is 15.3 Å². The highest BCUT2D eigenvalue weighted by molar-refractivity contribution is 7.18. The number of aryl methyl sites for hydroxylation is 1. The Kier molecular flexibility index (Phi) is 3.85. The van der Waals surface area contributed by atoms with Crippen LogP contribution in [0.25, 0.3) is 10.2 Å². The molecule has 7 heteroatoms. The molecule has 2 amide bonds. The van der Waals surface area contributed by atoms with E-state index >= 15 is 0 Å². The number of nitrogens with zero attached hydrogens (tertiary/aromatic N) is 2. The highest BCUT2D eigenvalue weighted by Crippen LogP contribution is 2.24. The molecule has 0 bridgehead atoms. The second-order valence-corrected chi connectivity index (χ2v) is 6.77. The Morgan fingerprint density at radius 3 is 3.00 bits per heavy atom. The SMILES string of the molecule is Cc1nc2ccc(NC(=O)N[C@H](C)c3nccs3)cc2s1. The van der Waals surface area contributed by atoms with Crippen molar-refractivity contribution >= 4 is 44.6 Å². The lowest BCUT2D eigenvalue weighted by Gasteiger charge is -2.12. The van der Waals surface area contributed by atoms with E-state index in [1.807, 2.05) is 37.4 Å². The van der Waals surface area contributed by atoms with Crippen LogP contribution >= 0.6 is 22.7 Å². The molecule has 0 radical (unpaired) electrons. The first-order chi connectivity index (χ1) is 10.1. The summed E-state index contributed by atoms with van der Waals surface area (Å²) < 4.78 is 1.07. The molecule has 3 rings (SSSR count). The Morgan fingerprint density at radius 1 is 1.38 bits per heavy atom. The summed E-state index contributed by atoms with van der Waals surface area (Å²) in [5.74, 6) is 0. The number of anilines is 1. The van der Waals surface area contributed by atoms with Gasteiger partial charge in [0, 0.05) is 17.3 Å². The van der Waals surface area contributed by atoms with Crippen LogP contribution < -0.4 is 10.6 Å². The van der Waals surface area contributed by atoms with E-state index in [-0.39, 0.29) is 12.1 Å². The van der Waals surface area contributed by atoms with Crippen molar-refractivity contribution in [3.05, 3.63) is 39.8 Å². The fraction of sp³-hybridized carbons (Fsp3) is 0.214. The van der Waals surface area contributed by atoms with Crippen LogP contribution in [-0.4, -0.2) is 16.0 Å². The third kappa shape index (κ3) is 3.20. The van der Waals surface area contributed by atoms with Crippen LogP contribution in [0.5, 0.6) is 0 Å². The number of hydrogen-bond donors (Lipinski definition) is 2. The molecular weight excluding hydrogens is 304 g/mol. The van der Waals surface area contributed by atoms with E-state index in [4.69, 9.17) is 0 Å². The van der Waals surface area contributed by atoms with E-state index in [2.05, 4.69) is 20.6 Å². The van der Waals surface area contributed by atoms with E-state index in [9.17, 15) is 4.79 Å². The second kappa shape index (κ2) is 5.79. The fourth-order valence-corrected chi connectivity index (χ4v) is 3.50. The van der Waals surface area contributed by atoms with Crippen LogP contribution in [0, 0.1) is 6.92 Å². The molecule has 0 aliphatic rings. The molecule has 108 valence electrons. The van der Waals surface area contributed by atoms with Gasteiger partial charge in [-0.15, -0.1) is 22.7 Å². The number of urea groups is 1. The van der Waals surface area contributed by atoms with Crippen molar-refractivity contribution in [2.45, 2.75) is 19.9 Å². The maximum absolute atomic E-state index is 12.0. The maximum atomic E-state index is 12.0. The second-order valence-electron chi connectivity index (χ2n) is 4.61. The van der Waals surface area contributed by atoms with E-state index in [0.717, 1.165) is 25.9 Å². The molecule has 1 aromatic carbocycles. The molecule has 0 aliphatic heterocycles. The number of thiazole rings is 2. The Balaban J connectivity index is 1.68. The van der Waals surface area contributed by atoms with E-state index in [1.165, 1.54) is 11.3 Å². The summed E-state index contributed by atoms with van der Waals surface area (Å²) in [5, 5.41) is 9.51. The molecule has 0 aliphatic carbocycles. The van der Waals surface area contributed by atoms with Crippen molar-refractivity contribution in [3.63, 3.8) is 0 Å². The average Bonchev–Trinajstić information content (AvgIpc) is 3.05. The van der Waals surface area contributed by atoms with Gasteiger partial charge >= 0.3 is 6.03 Å². The standard InChI is InChI=1S/C14H14N4OS2/c1-8(13-15-5-6-20-13)16-14(19)18-10-3-4-11-12(7-10)21-9(2)17-11/h3-8H,1-2H3,(H2,16,18,19)/t8-/m1/s1.